The first-order valence-electron chi connectivity index (χ1n) is 8.96. The van der Waals surface area contributed by atoms with Gasteiger partial charge in [-0.2, -0.15) is 0 Å². The van der Waals surface area contributed by atoms with Crippen molar-refractivity contribution in [3.63, 3.8) is 0 Å². The number of carboxylic acids is 1. The van der Waals surface area contributed by atoms with Gasteiger partial charge in [0.25, 0.3) is 0 Å². The SMILES string of the molecule is O=C([O-])C[C@@H]1CCCN1C(=O)OCC1c2ccccc2-c2ccccc21. The number of carboxylic acid groups (broad SMARTS) is 1. The van der Waals surface area contributed by atoms with Gasteiger partial charge in [-0.05, 0) is 35.1 Å². The van der Waals surface area contributed by atoms with E-state index in [0.29, 0.717) is 13.0 Å². The standard InChI is InChI=1S/C21H21NO4/c23-20(24)12-14-6-5-11-22(14)21(25)26-13-19-17-9-3-1-7-15(17)16-8-2-4-10-18(16)19/h1-4,7-10,14,19H,5-6,11-13H2,(H,23,24)/p-1/t14-/m0/s1. The van der Waals surface area contributed by atoms with Crippen LogP contribution < -0.4 is 5.11 Å². The Morgan fingerprint density at radius 1 is 1.04 bits per heavy atom. The van der Waals surface area contributed by atoms with Gasteiger partial charge in [0, 0.05) is 30.9 Å². The fraction of sp³-hybridized carbons (Fsp3) is 0.333. The zero-order valence-electron chi connectivity index (χ0n) is 14.4. The average Bonchev–Trinajstić information content (AvgIpc) is 3.22. The molecule has 1 aliphatic heterocycles. The molecule has 0 unspecified atom stereocenters. The monoisotopic (exact) mass is 350 g/mol. The van der Waals surface area contributed by atoms with Crippen LogP contribution in [0.5, 0.6) is 0 Å². The molecule has 5 nitrogen and oxygen atoms in total. The normalized spacial score (nSPS) is 18.5. The second-order valence-electron chi connectivity index (χ2n) is 6.87. The summed E-state index contributed by atoms with van der Waals surface area (Å²) in [6.07, 6.45) is 0.903. The van der Waals surface area contributed by atoms with Gasteiger partial charge in [0.05, 0.1) is 0 Å². The summed E-state index contributed by atoms with van der Waals surface area (Å²) in [7, 11) is 0. The highest BCUT2D eigenvalue weighted by molar-refractivity contribution is 5.79. The molecule has 2 aromatic carbocycles. The summed E-state index contributed by atoms with van der Waals surface area (Å²) in [6, 6.07) is 16.0. The lowest BCUT2D eigenvalue weighted by Gasteiger charge is -2.25. The largest absolute Gasteiger partial charge is 0.550 e. The van der Waals surface area contributed by atoms with Crippen LogP contribution >= 0.6 is 0 Å². The molecule has 0 N–H and O–H groups in total. The van der Waals surface area contributed by atoms with Crippen molar-refractivity contribution in [1.29, 1.82) is 0 Å². The van der Waals surface area contributed by atoms with Crippen molar-refractivity contribution in [3.8, 4) is 11.1 Å². The van der Waals surface area contributed by atoms with E-state index in [1.807, 2.05) is 24.3 Å². The Bertz CT molecular complexity index is 802. The van der Waals surface area contributed by atoms with Crippen LogP contribution in [0.2, 0.25) is 0 Å². The maximum atomic E-state index is 12.5. The molecule has 0 radical (unpaired) electrons. The summed E-state index contributed by atoms with van der Waals surface area (Å²) in [5.74, 6) is -1.12. The highest BCUT2D eigenvalue weighted by Crippen LogP contribution is 2.44. The van der Waals surface area contributed by atoms with Gasteiger partial charge in [-0.15, -0.1) is 0 Å². The molecular weight excluding hydrogens is 330 g/mol. The van der Waals surface area contributed by atoms with Crippen LogP contribution in [0.3, 0.4) is 0 Å². The van der Waals surface area contributed by atoms with Crippen LogP contribution in [-0.4, -0.2) is 36.2 Å². The summed E-state index contributed by atoms with van der Waals surface area (Å²) in [5.41, 5.74) is 4.68. The average molecular weight is 350 g/mol. The first kappa shape index (κ1) is 16.6. The second-order valence-corrected chi connectivity index (χ2v) is 6.87. The van der Waals surface area contributed by atoms with E-state index in [0.717, 1.165) is 17.5 Å². The fourth-order valence-electron chi connectivity index (χ4n) is 4.16. The molecule has 5 heteroatoms. The molecule has 1 atom stereocenters. The van der Waals surface area contributed by atoms with Gasteiger partial charge in [-0.1, -0.05) is 48.5 Å². The number of hydrogen-bond donors (Lipinski definition) is 0. The molecule has 0 bridgehead atoms. The van der Waals surface area contributed by atoms with Crippen molar-refractivity contribution >= 4 is 12.1 Å². The van der Waals surface area contributed by atoms with Crippen LogP contribution in [0.25, 0.3) is 11.1 Å². The van der Waals surface area contributed by atoms with E-state index in [9.17, 15) is 14.7 Å². The van der Waals surface area contributed by atoms with Crippen molar-refractivity contribution in [2.24, 2.45) is 0 Å². The number of nitrogens with zero attached hydrogens (tertiary/aromatic N) is 1. The van der Waals surface area contributed by atoms with E-state index in [1.165, 1.54) is 16.0 Å². The predicted molar refractivity (Wildman–Crippen MR) is 94.4 cm³/mol. The number of carbonyl (C=O) groups excluding carboxylic acids is 2. The molecule has 0 spiro atoms. The third kappa shape index (κ3) is 2.94. The summed E-state index contributed by atoms with van der Waals surface area (Å²) < 4.78 is 5.61. The first-order chi connectivity index (χ1) is 12.6. The number of fused-ring (bicyclic) bond motifs is 3. The van der Waals surface area contributed by atoms with Crippen molar-refractivity contribution in [2.75, 3.05) is 13.2 Å². The Hall–Kier alpha value is -2.82. The maximum Gasteiger partial charge on any atom is 0.410 e. The number of carbonyl (C=O) groups is 2. The summed E-state index contributed by atoms with van der Waals surface area (Å²) in [4.78, 5) is 24.9. The van der Waals surface area contributed by atoms with E-state index in [4.69, 9.17) is 4.74 Å². The number of amides is 1. The molecule has 0 aromatic heterocycles. The number of hydrogen-bond acceptors (Lipinski definition) is 4. The Labute approximate surface area is 152 Å². The lowest BCUT2D eigenvalue weighted by molar-refractivity contribution is -0.306. The molecule has 0 saturated carbocycles. The zero-order chi connectivity index (χ0) is 18.1. The maximum absolute atomic E-state index is 12.5. The highest BCUT2D eigenvalue weighted by Gasteiger charge is 2.32. The topological polar surface area (TPSA) is 69.7 Å². The minimum atomic E-state index is -1.13. The van der Waals surface area contributed by atoms with Crippen molar-refractivity contribution in [1.82, 2.24) is 4.90 Å². The third-order valence-electron chi connectivity index (χ3n) is 5.35. The molecule has 1 fully saturated rings. The quantitative estimate of drug-likeness (QED) is 0.850. The minimum absolute atomic E-state index is 0.00791. The third-order valence-corrected chi connectivity index (χ3v) is 5.35. The van der Waals surface area contributed by atoms with Crippen LogP contribution in [0.4, 0.5) is 4.79 Å². The minimum Gasteiger partial charge on any atom is -0.550 e. The van der Waals surface area contributed by atoms with E-state index < -0.39 is 12.1 Å². The summed E-state index contributed by atoms with van der Waals surface area (Å²) in [5, 5.41) is 10.9. The Balaban J connectivity index is 1.50. The van der Waals surface area contributed by atoms with Gasteiger partial charge < -0.3 is 19.5 Å². The number of ether oxygens (including phenoxy) is 1. The van der Waals surface area contributed by atoms with E-state index in [2.05, 4.69) is 24.3 Å². The highest BCUT2D eigenvalue weighted by atomic mass is 16.6. The van der Waals surface area contributed by atoms with E-state index in [-0.39, 0.29) is 25.0 Å². The molecule has 2 aromatic rings. The zero-order valence-corrected chi connectivity index (χ0v) is 14.4. The molecular formula is C21H20NO4-. The Morgan fingerprint density at radius 3 is 2.27 bits per heavy atom. The molecule has 4 rings (SSSR count). The summed E-state index contributed by atoms with van der Waals surface area (Å²) in [6.45, 7) is 0.788. The van der Waals surface area contributed by atoms with Crippen molar-refractivity contribution in [3.05, 3.63) is 59.7 Å². The molecule has 134 valence electrons. The van der Waals surface area contributed by atoms with Gasteiger partial charge in [0.15, 0.2) is 0 Å². The van der Waals surface area contributed by atoms with Crippen molar-refractivity contribution in [2.45, 2.75) is 31.2 Å². The lowest BCUT2D eigenvalue weighted by Crippen LogP contribution is -2.40. The van der Waals surface area contributed by atoms with Crippen LogP contribution in [0.15, 0.2) is 48.5 Å². The van der Waals surface area contributed by atoms with Gasteiger partial charge in [-0.3, -0.25) is 0 Å². The van der Waals surface area contributed by atoms with Crippen LogP contribution in [-0.2, 0) is 9.53 Å². The fourth-order valence-corrected chi connectivity index (χ4v) is 4.16. The Morgan fingerprint density at radius 2 is 1.65 bits per heavy atom. The molecule has 26 heavy (non-hydrogen) atoms. The molecule has 1 aliphatic carbocycles. The number of benzene rings is 2. The lowest BCUT2D eigenvalue weighted by atomic mass is 9.98. The molecule has 1 amide bonds. The van der Waals surface area contributed by atoms with Crippen molar-refractivity contribution < 1.29 is 19.4 Å². The van der Waals surface area contributed by atoms with E-state index >= 15 is 0 Å². The van der Waals surface area contributed by atoms with Gasteiger partial charge in [-0.25, -0.2) is 4.79 Å². The number of likely N-dealkylation sites (tertiary alicyclic amines) is 1. The Kier molecular flexibility index (Phi) is 4.37. The van der Waals surface area contributed by atoms with Crippen LogP contribution in [0, 0.1) is 0 Å². The summed E-state index contributed by atoms with van der Waals surface area (Å²) >= 11 is 0. The number of aliphatic carboxylic acids is 1. The van der Waals surface area contributed by atoms with Gasteiger partial charge in [0.2, 0.25) is 0 Å². The van der Waals surface area contributed by atoms with Gasteiger partial charge >= 0.3 is 6.09 Å². The number of rotatable bonds is 4. The first-order valence-corrected chi connectivity index (χ1v) is 8.96. The smallest absolute Gasteiger partial charge is 0.410 e. The molecule has 1 saturated heterocycles. The van der Waals surface area contributed by atoms with Gasteiger partial charge in [0.1, 0.15) is 6.61 Å². The molecule has 2 aliphatic rings. The molecule has 1 heterocycles. The van der Waals surface area contributed by atoms with Crippen LogP contribution in [0.1, 0.15) is 36.3 Å². The predicted octanol–water partition coefficient (Wildman–Crippen LogP) is 2.54. The van der Waals surface area contributed by atoms with E-state index in [1.54, 1.807) is 0 Å². The second kappa shape index (κ2) is 6.83.